The summed E-state index contributed by atoms with van der Waals surface area (Å²) < 4.78 is 0. The van der Waals surface area contributed by atoms with Gasteiger partial charge >= 0.3 is 0 Å². The summed E-state index contributed by atoms with van der Waals surface area (Å²) in [4.78, 5) is 4.83. The minimum atomic E-state index is -0.516. The Morgan fingerprint density at radius 3 is 2.62 bits per heavy atom. The van der Waals surface area contributed by atoms with Gasteiger partial charge in [0.05, 0.1) is 6.10 Å². The first-order valence-electron chi connectivity index (χ1n) is 7.97. The average Bonchev–Trinajstić information content (AvgIpc) is 2.48. The van der Waals surface area contributed by atoms with Gasteiger partial charge in [-0.2, -0.15) is 0 Å². The van der Waals surface area contributed by atoms with E-state index in [4.69, 9.17) is 11.6 Å². The predicted molar refractivity (Wildman–Crippen MR) is 88.8 cm³/mol. The summed E-state index contributed by atoms with van der Waals surface area (Å²) in [6, 6.07) is 8.13. The number of nitrogens with zero attached hydrogens (tertiary/aromatic N) is 2. The summed E-state index contributed by atoms with van der Waals surface area (Å²) in [5.74, 6) is 0. The highest BCUT2D eigenvalue weighted by Gasteiger charge is 2.24. The van der Waals surface area contributed by atoms with Crippen molar-refractivity contribution in [3.63, 3.8) is 0 Å². The fourth-order valence-corrected chi connectivity index (χ4v) is 3.43. The van der Waals surface area contributed by atoms with E-state index in [1.54, 1.807) is 0 Å². The van der Waals surface area contributed by atoms with Crippen LogP contribution in [0, 0.1) is 0 Å². The van der Waals surface area contributed by atoms with Crippen LogP contribution in [0.1, 0.15) is 37.9 Å². The first kappa shape index (κ1) is 16.8. The minimum absolute atomic E-state index is 0.516. The maximum atomic E-state index is 10.4. The zero-order valence-corrected chi connectivity index (χ0v) is 13.9. The molecule has 1 heterocycles. The monoisotopic (exact) mass is 310 g/mol. The Morgan fingerprint density at radius 2 is 2.00 bits per heavy atom. The summed E-state index contributed by atoms with van der Waals surface area (Å²) in [5, 5.41) is 11.1. The van der Waals surface area contributed by atoms with E-state index in [0.717, 1.165) is 5.56 Å². The molecule has 0 radical (unpaired) electrons. The van der Waals surface area contributed by atoms with E-state index in [0.29, 0.717) is 17.6 Å². The van der Waals surface area contributed by atoms with Crippen LogP contribution < -0.4 is 0 Å². The van der Waals surface area contributed by atoms with Crippen molar-refractivity contribution in [1.29, 1.82) is 0 Å². The number of aliphatic hydroxyl groups is 1. The fourth-order valence-electron chi connectivity index (χ4n) is 3.17. The number of halogens is 1. The largest absolute Gasteiger partial charge is 0.387 e. The molecule has 1 aliphatic heterocycles. The Morgan fingerprint density at radius 1 is 1.33 bits per heavy atom. The minimum Gasteiger partial charge on any atom is -0.387 e. The summed E-state index contributed by atoms with van der Waals surface area (Å²) in [5.41, 5.74) is 0.828. The molecule has 0 amide bonds. The van der Waals surface area contributed by atoms with E-state index < -0.39 is 6.10 Å². The van der Waals surface area contributed by atoms with Crippen LogP contribution in [0.25, 0.3) is 0 Å². The number of likely N-dealkylation sites (tertiary alicyclic amines) is 1. The van der Waals surface area contributed by atoms with Crippen molar-refractivity contribution in [2.75, 3.05) is 33.2 Å². The third kappa shape index (κ3) is 4.68. The van der Waals surface area contributed by atoms with Crippen molar-refractivity contribution >= 4 is 11.6 Å². The normalized spacial score (nSPS) is 19.1. The topological polar surface area (TPSA) is 26.7 Å². The Hall–Kier alpha value is -0.610. The summed E-state index contributed by atoms with van der Waals surface area (Å²) in [7, 11) is 2.11. The van der Waals surface area contributed by atoms with Crippen LogP contribution in [0.3, 0.4) is 0 Å². The second kappa shape index (κ2) is 8.14. The highest BCUT2D eigenvalue weighted by molar-refractivity contribution is 6.31. The van der Waals surface area contributed by atoms with Gasteiger partial charge in [-0.15, -0.1) is 0 Å². The van der Waals surface area contributed by atoms with Gasteiger partial charge in [0.15, 0.2) is 0 Å². The van der Waals surface area contributed by atoms with Crippen molar-refractivity contribution in [3.05, 3.63) is 34.9 Å². The molecule has 1 saturated heterocycles. The maximum Gasteiger partial charge on any atom is 0.0931 e. The molecule has 0 bridgehead atoms. The molecule has 1 N–H and O–H groups in total. The molecule has 0 saturated carbocycles. The van der Waals surface area contributed by atoms with E-state index >= 15 is 0 Å². The lowest BCUT2D eigenvalue weighted by atomic mass is 10.0. The Kier molecular flexibility index (Phi) is 6.49. The van der Waals surface area contributed by atoms with Gasteiger partial charge < -0.3 is 14.9 Å². The lowest BCUT2D eigenvalue weighted by molar-refractivity contribution is 0.0736. The molecule has 1 aromatic carbocycles. The molecule has 1 atom stereocenters. The molecule has 0 aromatic heterocycles. The maximum absolute atomic E-state index is 10.4. The molecule has 1 unspecified atom stereocenters. The predicted octanol–water partition coefficient (Wildman–Crippen LogP) is 3.18. The van der Waals surface area contributed by atoms with Gasteiger partial charge in [0, 0.05) is 23.2 Å². The average molecular weight is 311 g/mol. The quantitative estimate of drug-likeness (QED) is 0.874. The fraction of sp³-hybridized carbons (Fsp3) is 0.647. The zero-order chi connectivity index (χ0) is 15.2. The first-order chi connectivity index (χ1) is 10.1. The second-order valence-corrected chi connectivity index (χ2v) is 6.46. The first-order valence-corrected chi connectivity index (χ1v) is 8.34. The SMILES string of the molecule is CCCN1CCC(N(C)CC(O)c2ccccc2Cl)CC1. The van der Waals surface area contributed by atoms with Crippen molar-refractivity contribution < 1.29 is 5.11 Å². The molecule has 4 heteroatoms. The van der Waals surface area contributed by atoms with Crippen LogP contribution in [-0.2, 0) is 0 Å². The van der Waals surface area contributed by atoms with Gasteiger partial charge in [-0.3, -0.25) is 0 Å². The van der Waals surface area contributed by atoms with Gasteiger partial charge in [0.25, 0.3) is 0 Å². The van der Waals surface area contributed by atoms with Crippen molar-refractivity contribution in [2.45, 2.75) is 38.3 Å². The van der Waals surface area contributed by atoms with Gasteiger partial charge in [-0.1, -0.05) is 36.7 Å². The molecule has 0 aliphatic carbocycles. The smallest absolute Gasteiger partial charge is 0.0931 e. The number of hydrogen-bond acceptors (Lipinski definition) is 3. The van der Waals surface area contributed by atoms with Crippen LogP contribution in [-0.4, -0.2) is 54.2 Å². The molecule has 1 aliphatic rings. The molecule has 2 rings (SSSR count). The molecule has 1 aromatic rings. The van der Waals surface area contributed by atoms with E-state index in [1.165, 1.54) is 38.9 Å². The number of hydrogen-bond donors (Lipinski definition) is 1. The number of benzene rings is 1. The van der Waals surface area contributed by atoms with E-state index in [9.17, 15) is 5.11 Å². The lowest BCUT2D eigenvalue weighted by Crippen LogP contribution is -2.44. The van der Waals surface area contributed by atoms with Gasteiger partial charge in [-0.05, 0) is 52.0 Å². The standard InChI is InChI=1S/C17H27ClN2O/c1-3-10-20-11-8-14(9-12-20)19(2)13-17(21)15-6-4-5-7-16(15)18/h4-7,14,17,21H,3,8-13H2,1-2H3. The molecular formula is C17H27ClN2O. The summed E-state index contributed by atoms with van der Waals surface area (Å²) in [6.45, 7) is 6.43. The summed E-state index contributed by atoms with van der Waals surface area (Å²) in [6.07, 6.45) is 3.08. The molecule has 21 heavy (non-hydrogen) atoms. The van der Waals surface area contributed by atoms with Crippen molar-refractivity contribution in [3.8, 4) is 0 Å². The van der Waals surface area contributed by atoms with Gasteiger partial charge in [0.2, 0.25) is 0 Å². The molecule has 0 spiro atoms. The third-order valence-corrected chi connectivity index (χ3v) is 4.79. The van der Waals surface area contributed by atoms with Crippen LogP contribution in [0.5, 0.6) is 0 Å². The Labute approximate surface area is 133 Å². The number of aliphatic hydroxyl groups excluding tert-OH is 1. The lowest BCUT2D eigenvalue weighted by Gasteiger charge is -2.37. The number of likely N-dealkylation sites (N-methyl/N-ethyl adjacent to an activating group) is 1. The third-order valence-electron chi connectivity index (χ3n) is 4.45. The number of piperidine rings is 1. The van der Waals surface area contributed by atoms with Crippen molar-refractivity contribution in [2.24, 2.45) is 0 Å². The van der Waals surface area contributed by atoms with Crippen LogP contribution in [0.15, 0.2) is 24.3 Å². The van der Waals surface area contributed by atoms with Crippen LogP contribution in [0.2, 0.25) is 5.02 Å². The van der Waals surface area contributed by atoms with Gasteiger partial charge in [-0.25, -0.2) is 0 Å². The second-order valence-electron chi connectivity index (χ2n) is 6.05. The highest BCUT2D eigenvalue weighted by Crippen LogP contribution is 2.24. The van der Waals surface area contributed by atoms with E-state index in [1.807, 2.05) is 24.3 Å². The van der Waals surface area contributed by atoms with Crippen LogP contribution >= 0.6 is 11.6 Å². The van der Waals surface area contributed by atoms with Crippen molar-refractivity contribution in [1.82, 2.24) is 9.80 Å². The van der Waals surface area contributed by atoms with E-state index in [-0.39, 0.29) is 0 Å². The molecular weight excluding hydrogens is 284 g/mol. The zero-order valence-electron chi connectivity index (χ0n) is 13.1. The summed E-state index contributed by atoms with van der Waals surface area (Å²) >= 11 is 6.16. The molecule has 3 nitrogen and oxygen atoms in total. The van der Waals surface area contributed by atoms with E-state index in [2.05, 4.69) is 23.8 Å². The van der Waals surface area contributed by atoms with Crippen LogP contribution in [0.4, 0.5) is 0 Å². The Balaban J connectivity index is 1.84. The molecule has 1 fully saturated rings. The molecule has 118 valence electrons. The van der Waals surface area contributed by atoms with Gasteiger partial charge in [0.1, 0.15) is 0 Å². The highest BCUT2D eigenvalue weighted by atomic mass is 35.5. The number of rotatable bonds is 6. The Bertz CT molecular complexity index is 433.